The summed E-state index contributed by atoms with van der Waals surface area (Å²) in [4.78, 5) is 0. The molecule has 2 aliphatic rings. The van der Waals surface area contributed by atoms with E-state index in [4.69, 9.17) is 4.42 Å². The fraction of sp³-hybridized carbons (Fsp3) is 0.714. The first kappa shape index (κ1) is 11.8. The van der Waals surface area contributed by atoms with Crippen LogP contribution < -0.4 is 5.32 Å². The first-order valence-electron chi connectivity index (χ1n) is 6.75. The molecule has 3 rings (SSSR count). The van der Waals surface area contributed by atoms with Gasteiger partial charge in [-0.25, -0.2) is 0 Å². The van der Waals surface area contributed by atoms with Gasteiger partial charge in [-0.15, -0.1) is 0 Å². The van der Waals surface area contributed by atoms with Gasteiger partial charge in [-0.3, -0.25) is 0 Å². The van der Waals surface area contributed by atoms with Crippen molar-refractivity contribution in [2.24, 2.45) is 17.8 Å². The molecule has 2 fully saturated rings. The van der Waals surface area contributed by atoms with Crippen molar-refractivity contribution in [1.82, 2.24) is 5.32 Å². The second-order valence-electron chi connectivity index (χ2n) is 5.51. The SMILES string of the molecule is CCNC(c1occc1Br)C1CC2CCC1C2. The predicted octanol–water partition coefficient (Wildman–Crippen LogP) is 4.13. The number of nitrogens with one attached hydrogen (secondary N) is 1. The highest BCUT2D eigenvalue weighted by Crippen LogP contribution is 2.53. The maximum atomic E-state index is 5.69. The Labute approximate surface area is 111 Å². The van der Waals surface area contributed by atoms with E-state index in [1.807, 2.05) is 6.07 Å². The Balaban J connectivity index is 1.83. The van der Waals surface area contributed by atoms with Crippen LogP contribution in [0, 0.1) is 17.8 Å². The van der Waals surface area contributed by atoms with Gasteiger partial charge >= 0.3 is 0 Å². The summed E-state index contributed by atoms with van der Waals surface area (Å²) in [6.45, 7) is 3.18. The van der Waals surface area contributed by atoms with Crippen LogP contribution in [0.2, 0.25) is 0 Å². The van der Waals surface area contributed by atoms with Gasteiger partial charge in [0.25, 0.3) is 0 Å². The van der Waals surface area contributed by atoms with Crippen LogP contribution in [0.3, 0.4) is 0 Å². The molecule has 1 aromatic rings. The molecule has 0 radical (unpaired) electrons. The molecule has 4 unspecified atom stereocenters. The van der Waals surface area contributed by atoms with E-state index in [2.05, 4.69) is 28.2 Å². The fourth-order valence-electron chi connectivity index (χ4n) is 3.89. The minimum Gasteiger partial charge on any atom is -0.466 e. The summed E-state index contributed by atoms with van der Waals surface area (Å²) in [5.41, 5.74) is 0. The Bertz CT molecular complexity index is 389. The summed E-state index contributed by atoms with van der Waals surface area (Å²) in [6, 6.07) is 2.41. The number of hydrogen-bond donors (Lipinski definition) is 1. The fourth-order valence-corrected chi connectivity index (χ4v) is 4.34. The van der Waals surface area contributed by atoms with Crippen LogP contribution in [-0.2, 0) is 0 Å². The standard InChI is InChI=1S/C14H20BrNO/c1-2-16-13(14-12(15)5-6-17-14)11-8-9-3-4-10(11)7-9/h5-6,9-11,13,16H,2-4,7-8H2,1H3. The van der Waals surface area contributed by atoms with Crippen LogP contribution in [0.4, 0.5) is 0 Å². The van der Waals surface area contributed by atoms with Crippen molar-refractivity contribution in [1.29, 1.82) is 0 Å². The lowest BCUT2D eigenvalue weighted by molar-refractivity contribution is 0.227. The van der Waals surface area contributed by atoms with E-state index in [0.29, 0.717) is 6.04 Å². The summed E-state index contributed by atoms with van der Waals surface area (Å²) < 4.78 is 6.81. The molecule has 0 saturated heterocycles. The summed E-state index contributed by atoms with van der Waals surface area (Å²) >= 11 is 3.60. The zero-order valence-electron chi connectivity index (χ0n) is 10.3. The number of furan rings is 1. The highest BCUT2D eigenvalue weighted by atomic mass is 79.9. The number of hydrogen-bond acceptors (Lipinski definition) is 2. The summed E-state index contributed by atoms with van der Waals surface area (Å²) in [5.74, 6) is 3.78. The first-order chi connectivity index (χ1) is 8.29. The van der Waals surface area contributed by atoms with Gasteiger partial charge in [0.2, 0.25) is 0 Å². The lowest BCUT2D eigenvalue weighted by atomic mass is 9.82. The van der Waals surface area contributed by atoms with E-state index in [-0.39, 0.29) is 0 Å². The van der Waals surface area contributed by atoms with Gasteiger partial charge in [-0.1, -0.05) is 13.3 Å². The molecule has 1 N–H and O–H groups in total. The second kappa shape index (κ2) is 4.77. The van der Waals surface area contributed by atoms with Crippen molar-refractivity contribution in [3.05, 3.63) is 22.6 Å². The number of halogens is 1. The Kier molecular flexibility index (Phi) is 3.31. The van der Waals surface area contributed by atoms with Crippen LogP contribution in [0.1, 0.15) is 44.4 Å². The Hall–Kier alpha value is -0.280. The average Bonchev–Trinajstić information content (AvgIpc) is 3.01. The lowest BCUT2D eigenvalue weighted by Gasteiger charge is -2.30. The van der Waals surface area contributed by atoms with Crippen LogP contribution >= 0.6 is 15.9 Å². The quantitative estimate of drug-likeness (QED) is 0.904. The maximum absolute atomic E-state index is 5.69. The smallest absolute Gasteiger partial charge is 0.135 e. The van der Waals surface area contributed by atoms with E-state index in [0.717, 1.165) is 34.5 Å². The minimum absolute atomic E-state index is 0.402. The third-order valence-corrected chi connectivity index (χ3v) is 5.23. The molecule has 1 heterocycles. The largest absolute Gasteiger partial charge is 0.466 e. The average molecular weight is 298 g/mol. The molecule has 0 aliphatic heterocycles. The molecular formula is C14H20BrNO. The molecule has 0 amide bonds. The van der Waals surface area contributed by atoms with Gasteiger partial charge < -0.3 is 9.73 Å². The molecule has 3 heteroatoms. The van der Waals surface area contributed by atoms with Gasteiger partial charge in [-0.05, 0) is 65.6 Å². The highest BCUT2D eigenvalue weighted by Gasteiger charge is 2.44. The number of fused-ring (bicyclic) bond motifs is 2. The molecule has 2 aliphatic carbocycles. The number of rotatable bonds is 4. The molecule has 94 valence electrons. The molecule has 2 bridgehead atoms. The first-order valence-corrected chi connectivity index (χ1v) is 7.55. The van der Waals surface area contributed by atoms with Crippen molar-refractivity contribution in [3.63, 3.8) is 0 Å². The van der Waals surface area contributed by atoms with Crippen LogP contribution in [0.5, 0.6) is 0 Å². The van der Waals surface area contributed by atoms with E-state index in [1.165, 1.54) is 25.7 Å². The van der Waals surface area contributed by atoms with Gasteiger partial charge in [0.15, 0.2) is 0 Å². The van der Waals surface area contributed by atoms with E-state index in [9.17, 15) is 0 Å². The summed E-state index contributed by atoms with van der Waals surface area (Å²) in [7, 11) is 0. The van der Waals surface area contributed by atoms with Crippen molar-refractivity contribution in [2.45, 2.75) is 38.6 Å². The van der Waals surface area contributed by atoms with Gasteiger partial charge in [0, 0.05) is 0 Å². The zero-order valence-corrected chi connectivity index (χ0v) is 11.9. The van der Waals surface area contributed by atoms with E-state index >= 15 is 0 Å². The molecule has 0 spiro atoms. The second-order valence-corrected chi connectivity index (χ2v) is 6.36. The molecule has 2 saturated carbocycles. The molecule has 1 aromatic heterocycles. The molecule has 0 aromatic carbocycles. The maximum Gasteiger partial charge on any atom is 0.135 e. The van der Waals surface area contributed by atoms with Crippen molar-refractivity contribution < 1.29 is 4.42 Å². The zero-order chi connectivity index (χ0) is 11.8. The monoisotopic (exact) mass is 297 g/mol. The van der Waals surface area contributed by atoms with Gasteiger partial charge in [-0.2, -0.15) is 0 Å². The van der Waals surface area contributed by atoms with Crippen LogP contribution in [0.25, 0.3) is 0 Å². The highest BCUT2D eigenvalue weighted by molar-refractivity contribution is 9.10. The topological polar surface area (TPSA) is 25.2 Å². The molecular weight excluding hydrogens is 278 g/mol. The summed E-state index contributed by atoms with van der Waals surface area (Å²) in [5, 5.41) is 3.63. The van der Waals surface area contributed by atoms with Crippen molar-refractivity contribution in [3.8, 4) is 0 Å². The predicted molar refractivity (Wildman–Crippen MR) is 71.8 cm³/mol. The van der Waals surface area contributed by atoms with E-state index in [1.54, 1.807) is 6.26 Å². The molecule has 2 nitrogen and oxygen atoms in total. The van der Waals surface area contributed by atoms with Gasteiger partial charge in [0.05, 0.1) is 16.8 Å². The van der Waals surface area contributed by atoms with Crippen LogP contribution in [0.15, 0.2) is 21.2 Å². The normalized spacial score (nSPS) is 33.2. The third-order valence-electron chi connectivity index (χ3n) is 4.57. The van der Waals surface area contributed by atoms with Gasteiger partial charge in [0.1, 0.15) is 5.76 Å². The third kappa shape index (κ3) is 2.08. The van der Waals surface area contributed by atoms with Crippen molar-refractivity contribution in [2.75, 3.05) is 6.54 Å². The minimum atomic E-state index is 0.402. The summed E-state index contributed by atoms with van der Waals surface area (Å²) in [6.07, 6.45) is 7.51. The van der Waals surface area contributed by atoms with Crippen molar-refractivity contribution >= 4 is 15.9 Å². The van der Waals surface area contributed by atoms with Crippen LogP contribution in [-0.4, -0.2) is 6.54 Å². The Morgan fingerprint density at radius 2 is 2.35 bits per heavy atom. The Morgan fingerprint density at radius 3 is 2.88 bits per heavy atom. The lowest BCUT2D eigenvalue weighted by Crippen LogP contribution is -2.31. The molecule has 17 heavy (non-hydrogen) atoms. The molecule has 4 atom stereocenters. The Morgan fingerprint density at radius 1 is 1.47 bits per heavy atom. The van der Waals surface area contributed by atoms with E-state index < -0.39 is 0 Å².